The Kier molecular flexibility index (Phi) is 4.83. The van der Waals surface area contributed by atoms with Crippen LogP contribution in [0.15, 0.2) is 0 Å². The SMILES string of the molecule is CCCCCOC1CCOC(=O)C1. The number of unbranched alkanes of at least 4 members (excludes halogenated alkanes) is 2. The number of esters is 1. The van der Waals surface area contributed by atoms with Gasteiger partial charge in [-0.05, 0) is 6.42 Å². The van der Waals surface area contributed by atoms with Crippen molar-refractivity contribution in [3.05, 3.63) is 0 Å². The molecule has 1 fully saturated rings. The minimum absolute atomic E-state index is 0.109. The van der Waals surface area contributed by atoms with Crippen molar-refractivity contribution in [1.82, 2.24) is 0 Å². The maximum absolute atomic E-state index is 10.9. The summed E-state index contributed by atoms with van der Waals surface area (Å²) in [6, 6.07) is 0. The molecule has 1 atom stereocenters. The van der Waals surface area contributed by atoms with Gasteiger partial charge < -0.3 is 9.47 Å². The minimum Gasteiger partial charge on any atom is -0.465 e. The summed E-state index contributed by atoms with van der Waals surface area (Å²) in [4.78, 5) is 10.9. The van der Waals surface area contributed by atoms with E-state index in [1.165, 1.54) is 12.8 Å². The van der Waals surface area contributed by atoms with Crippen LogP contribution < -0.4 is 0 Å². The molecule has 0 aromatic carbocycles. The maximum Gasteiger partial charge on any atom is 0.308 e. The van der Waals surface area contributed by atoms with Gasteiger partial charge in [0.25, 0.3) is 0 Å². The molecule has 0 aliphatic carbocycles. The van der Waals surface area contributed by atoms with Gasteiger partial charge in [0.1, 0.15) is 0 Å². The first kappa shape index (κ1) is 10.5. The van der Waals surface area contributed by atoms with Crippen molar-refractivity contribution >= 4 is 5.97 Å². The Labute approximate surface area is 79.4 Å². The predicted molar refractivity (Wildman–Crippen MR) is 49.5 cm³/mol. The van der Waals surface area contributed by atoms with Gasteiger partial charge in [0.05, 0.1) is 19.1 Å². The number of rotatable bonds is 5. The molecule has 1 aliphatic rings. The van der Waals surface area contributed by atoms with E-state index in [-0.39, 0.29) is 12.1 Å². The summed E-state index contributed by atoms with van der Waals surface area (Å²) >= 11 is 0. The van der Waals surface area contributed by atoms with Gasteiger partial charge in [0, 0.05) is 13.0 Å². The van der Waals surface area contributed by atoms with Crippen LogP contribution in [0, 0.1) is 0 Å². The van der Waals surface area contributed by atoms with Crippen LogP contribution in [-0.2, 0) is 14.3 Å². The fraction of sp³-hybridized carbons (Fsp3) is 0.900. The molecule has 1 saturated heterocycles. The normalized spacial score (nSPS) is 22.8. The third kappa shape index (κ3) is 4.27. The molecule has 3 nitrogen and oxygen atoms in total. The van der Waals surface area contributed by atoms with Crippen molar-refractivity contribution in [1.29, 1.82) is 0 Å². The van der Waals surface area contributed by atoms with E-state index in [1.54, 1.807) is 0 Å². The molecule has 0 radical (unpaired) electrons. The van der Waals surface area contributed by atoms with Gasteiger partial charge in [-0.15, -0.1) is 0 Å². The summed E-state index contributed by atoms with van der Waals surface area (Å²) in [5.41, 5.74) is 0. The third-order valence-electron chi connectivity index (χ3n) is 2.20. The number of cyclic esters (lactones) is 1. The summed E-state index contributed by atoms with van der Waals surface area (Å²) in [5, 5.41) is 0. The lowest BCUT2D eigenvalue weighted by atomic mass is 10.1. The van der Waals surface area contributed by atoms with E-state index < -0.39 is 0 Å². The Morgan fingerprint density at radius 2 is 2.38 bits per heavy atom. The molecule has 76 valence electrons. The molecule has 1 aliphatic heterocycles. The molecule has 1 rings (SSSR count). The zero-order valence-electron chi connectivity index (χ0n) is 8.25. The largest absolute Gasteiger partial charge is 0.465 e. The fourth-order valence-electron chi connectivity index (χ4n) is 1.40. The van der Waals surface area contributed by atoms with Gasteiger partial charge in [-0.1, -0.05) is 19.8 Å². The lowest BCUT2D eigenvalue weighted by molar-refractivity contribution is -0.154. The Morgan fingerprint density at radius 1 is 1.54 bits per heavy atom. The molecule has 0 aromatic rings. The molecule has 0 amide bonds. The Balaban J connectivity index is 2.03. The summed E-state index contributed by atoms with van der Waals surface area (Å²) in [6.45, 7) is 3.47. The summed E-state index contributed by atoms with van der Waals surface area (Å²) in [5.74, 6) is -0.119. The Morgan fingerprint density at radius 3 is 3.08 bits per heavy atom. The van der Waals surface area contributed by atoms with E-state index >= 15 is 0 Å². The number of carbonyl (C=O) groups excluding carboxylic acids is 1. The van der Waals surface area contributed by atoms with Gasteiger partial charge in [-0.2, -0.15) is 0 Å². The van der Waals surface area contributed by atoms with E-state index in [2.05, 4.69) is 6.92 Å². The van der Waals surface area contributed by atoms with E-state index in [9.17, 15) is 4.79 Å². The van der Waals surface area contributed by atoms with Crippen LogP contribution >= 0.6 is 0 Å². The molecule has 0 spiro atoms. The topological polar surface area (TPSA) is 35.5 Å². The summed E-state index contributed by atoms with van der Waals surface area (Å²) < 4.78 is 10.4. The highest BCUT2D eigenvalue weighted by atomic mass is 16.5. The van der Waals surface area contributed by atoms with Crippen molar-refractivity contribution in [2.75, 3.05) is 13.2 Å². The Bertz CT molecular complexity index is 156. The van der Waals surface area contributed by atoms with E-state index in [0.717, 1.165) is 19.4 Å². The second-order valence-corrected chi connectivity index (χ2v) is 3.41. The van der Waals surface area contributed by atoms with Gasteiger partial charge >= 0.3 is 5.97 Å². The highest BCUT2D eigenvalue weighted by Gasteiger charge is 2.20. The molecule has 1 heterocycles. The van der Waals surface area contributed by atoms with Crippen molar-refractivity contribution in [2.45, 2.75) is 45.1 Å². The first-order valence-electron chi connectivity index (χ1n) is 5.10. The lowest BCUT2D eigenvalue weighted by Gasteiger charge is -2.21. The van der Waals surface area contributed by atoms with Crippen molar-refractivity contribution in [3.8, 4) is 0 Å². The van der Waals surface area contributed by atoms with E-state index in [1.807, 2.05) is 0 Å². The number of hydrogen-bond donors (Lipinski definition) is 0. The quantitative estimate of drug-likeness (QED) is 0.486. The second kappa shape index (κ2) is 5.97. The number of carbonyl (C=O) groups is 1. The van der Waals surface area contributed by atoms with Crippen molar-refractivity contribution < 1.29 is 14.3 Å². The van der Waals surface area contributed by atoms with Crippen LogP contribution in [0.1, 0.15) is 39.0 Å². The minimum atomic E-state index is -0.119. The van der Waals surface area contributed by atoms with Crippen LogP contribution in [0.25, 0.3) is 0 Å². The van der Waals surface area contributed by atoms with Crippen molar-refractivity contribution in [2.24, 2.45) is 0 Å². The smallest absolute Gasteiger partial charge is 0.308 e. The summed E-state index contributed by atoms with van der Waals surface area (Å²) in [7, 11) is 0. The van der Waals surface area contributed by atoms with E-state index in [0.29, 0.717) is 13.0 Å². The first-order chi connectivity index (χ1) is 6.33. The van der Waals surface area contributed by atoms with Crippen LogP contribution in [0.5, 0.6) is 0 Å². The summed E-state index contributed by atoms with van der Waals surface area (Å²) in [6.07, 6.45) is 4.91. The highest BCUT2D eigenvalue weighted by Crippen LogP contribution is 2.12. The van der Waals surface area contributed by atoms with Gasteiger partial charge in [-0.25, -0.2) is 0 Å². The molecular weight excluding hydrogens is 168 g/mol. The maximum atomic E-state index is 10.9. The van der Waals surface area contributed by atoms with Crippen LogP contribution in [0.3, 0.4) is 0 Å². The zero-order valence-corrected chi connectivity index (χ0v) is 8.25. The monoisotopic (exact) mass is 186 g/mol. The molecule has 0 saturated carbocycles. The molecule has 13 heavy (non-hydrogen) atoms. The van der Waals surface area contributed by atoms with Crippen LogP contribution in [-0.4, -0.2) is 25.3 Å². The van der Waals surface area contributed by atoms with Crippen LogP contribution in [0.2, 0.25) is 0 Å². The fourth-order valence-corrected chi connectivity index (χ4v) is 1.40. The highest BCUT2D eigenvalue weighted by molar-refractivity contribution is 5.70. The molecular formula is C10H18O3. The predicted octanol–water partition coefficient (Wildman–Crippen LogP) is 1.90. The second-order valence-electron chi connectivity index (χ2n) is 3.41. The molecule has 1 unspecified atom stereocenters. The molecule has 0 aromatic heterocycles. The van der Waals surface area contributed by atoms with Gasteiger partial charge in [-0.3, -0.25) is 4.79 Å². The first-order valence-corrected chi connectivity index (χ1v) is 5.10. The van der Waals surface area contributed by atoms with Crippen LogP contribution in [0.4, 0.5) is 0 Å². The average molecular weight is 186 g/mol. The number of ether oxygens (including phenoxy) is 2. The molecule has 3 heteroatoms. The van der Waals surface area contributed by atoms with Gasteiger partial charge in [0.15, 0.2) is 0 Å². The average Bonchev–Trinajstić information content (AvgIpc) is 2.13. The van der Waals surface area contributed by atoms with Crippen molar-refractivity contribution in [3.63, 3.8) is 0 Å². The third-order valence-corrected chi connectivity index (χ3v) is 2.20. The number of hydrogen-bond acceptors (Lipinski definition) is 3. The van der Waals surface area contributed by atoms with Gasteiger partial charge in [0.2, 0.25) is 0 Å². The van der Waals surface area contributed by atoms with E-state index in [4.69, 9.17) is 9.47 Å². The lowest BCUT2D eigenvalue weighted by Crippen LogP contribution is -2.27. The molecule has 0 bridgehead atoms. The molecule has 0 N–H and O–H groups in total. The zero-order chi connectivity index (χ0) is 9.52. The Hall–Kier alpha value is -0.570. The standard InChI is InChI=1S/C10H18O3/c1-2-3-4-6-12-9-5-7-13-10(11)8-9/h9H,2-8H2,1H3.